The average molecular weight is 262 g/mol. The van der Waals surface area contributed by atoms with E-state index in [-0.39, 0.29) is 11.5 Å². The summed E-state index contributed by atoms with van der Waals surface area (Å²) in [5.74, 6) is -0.939. The smallest absolute Gasteiger partial charge is 0.143 e. The van der Waals surface area contributed by atoms with E-state index in [2.05, 4.69) is 21.2 Å². The molecule has 1 unspecified atom stereocenters. The predicted octanol–water partition coefficient (Wildman–Crippen LogP) is 2.80. The van der Waals surface area contributed by atoms with Crippen LogP contribution in [0, 0.1) is 11.6 Å². The molecule has 0 spiro atoms. The van der Waals surface area contributed by atoms with E-state index in [0.29, 0.717) is 11.0 Å². The molecule has 1 heterocycles. The third kappa shape index (κ3) is 1.68. The van der Waals surface area contributed by atoms with Crippen molar-refractivity contribution in [3.8, 4) is 0 Å². The second-order valence-corrected chi connectivity index (χ2v) is 4.30. The number of rotatable bonds is 1. The minimum absolute atomic E-state index is 0.0347. The van der Waals surface area contributed by atoms with Crippen molar-refractivity contribution in [1.82, 2.24) is 5.32 Å². The average Bonchev–Trinajstić information content (AvgIpc) is 2.65. The van der Waals surface area contributed by atoms with Crippen molar-refractivity contribution in [1.29, 1.82) is 0 Å². The molecule has 1 nitrogen and oxygen atoms in total. The summed E-state index contributed by atoms with van der Waals surface area (Å²) in [5.41, 5.74) is 0.212. The molecule has 1 N–H and O–H groups in total. The molecule has 0 radical (unpaired) electrons. The zero-order chi connectivity index (χ0) is 10.1. The molecule has 1 aromatic carbocycles. The normalized spacial score (nSPS) is 21.5. The van der Waals surface area contributed by atoms with Crippen LogP contribution < -0.4 is 5.32 Å². The molecule has 0 aliphatic carbocycles. The highest BCUT2D eigenvalue weighted by atomic mass is 79.9. The molecule has 1 aliphatic rings. The molecule has 0 saturated carbocycles. The fourth-order valence-corrected chi connectivity index (χ4v) is 2.16. The summed E-state index contributed by atoms with van der Waals surface area (Å²) < 4.78 is 27.3. The number of hydrogen-bond acceptors (Lipinski definition) is 1. The zero-order valence-corrected chi connectivity index (χ0v) is 9.07. The van der Waals surface area contributed by atoms with Gasteiger partial charge >= 0.3 is 0 Å². The van der Waals surface area contributed by atoms with Gasteiger partial charge in [-0.3, -0.25) is 0 Å². The number of nitrogens with one attached hydrogen (secondary N) is 1. The van der Waals surface area contributed by atoms with E-state index in [4.69, 9.17) is 0 Å². The van der Waals surface area contributed by atoms with E-state index in [9.17, 15) is 8.78 Å². The van der Waals surface area contributed by atoms with Crippen LogP contribution in [0.2, 0.25) is 0 Å². The van der Waals surface area contributed by atoms with Crippen molar-refractivity contribution in [2.75, 3.05) is 13.1 Å². The van der Waals surface area contributed by atoms with E-state index in [1.165, 1.54) is 12.1 Å². The first-order valence-corrected chi connectivity index (χ1v) is 5.33. The Morgan fingerprint density at radius 3 is 2.79 bits per heavy atom. The van der Waals surface area contributed by atoms with Crippen molar-refractivity contribution < 1.29 is 8.78 Å². The van der Waals surface area contributed by atoms with Gasteiger partial charge in [0.2, 0.25) is 0 Å². The Bertz CT molecular complexity index is 348. The summed E-state index contributed by atoms with van der Waals surface area (Å²) in [5, 5.41) is 3.10. The van der Waals surface area contributed by atoms with Gasteiger partial charge in [0.05, 0.1) is 4.47 Å². The van der Waals surface area contributed by atoms with Crippen molar-refractivity contribution in [3.05, 3.63) is 33.8 Å². The lowest BCUT2D eigenvalue weighted by molar-refractivity contribution is 0.528. The lowest BCUT2D eigenvalue weighted by atomic mass is 9.97. The highest BCUT2D eigenvalue weighted by Gasteiger charge is 2.24. The van der Waals surface area contributed by atoms with Crippen LogP contribution in [0.15, 0.2) is 16.6 Å². The maximum absolute atomic E-state index is 13.6. The summed E-state index contributed by atoms with van der Waals surface area (Å²) in [4.78, 5) is 0. The van der Waals surface area contributed by atoms with Gasteiger partial charge in [-0.05, 0) is 41.0 Å². The fourth-order valence-electron chi connectivity index (χ4n) is 1.82. The van der Waals surface area contributed by atoms with Crippen LogP contribution in [0.1, 0.15) is 17.9 Å². The molecule has 1 saturated heterocycles. The van der Waals surface area contributed by atoms with Gasteiger partial charge in [-0.25, -0.2) is 8.78 Å². The maximum Gasteiger partial charge on any atom is 0.143 e. The van der Waals surface area contributed by atoms with E-state index < -0.39 is 11.6 Å². The van der Waals surface area contributed by atoms with Gasteiger partial charge in [0, 0.05) is 18.0 Å². The van der Waals surface area contributed by atoms with Crippen LogP contribution in [0.5, 0.6) is 0 Å². The standard InChI is InChI=1S/C10H10BrF2N/c11-7-1-2-8(12)9(10(7)13)6-3-4-14-5-6/h1-2,6,14H,3-5H2. The number of benzene rings is 1. The quantitative estimate of drug-likeness (QED) is 0.767. The SMILES string of the molecule is Fc1ccc(Br)c(F)c1C1CCNC1. The highest BCUT2D eigenvalue weighted by Crippen LogP contribution is 2.31. The van der Waals surface area contributed by atoms with Gasteiger partial charge in [0.1, 0.15) is 11.6 Å². The van der Waals surface area contributed by atoms with Gasteiger partial charge in [-0.15, -0.1) is 0 Å². The highest BCUT2D eigenvalue weighted by molar-refractivity contribution is 9.10. The van der Waals surface area contributed by atoms with Gasteiger partial charge in [-0.1, -0.05) is 0 Å². The minimum atomic E-state index is -0.460. The third-order valence-electron chi connectivity index (χ3n) is 2.55. The lowest BCUT2D eigenvalue weighted by Gasteiger charge is -2.11. The molecule has 0 bridgehead atoms. The van der Waals surface area contributed by atoms with Gasteiger partial charge < -0.3 is 5.32 Å². The van der Waals surface area contributed by atoms with Crippen molar-refractivity contribution in [2.24, 2.45) is 0 Å². The molecule has 0 aromatic heterocycles. The van der Waals surface area contributed by atoms with Crippen molar-refractivity contribution >= 4 is 15.9 Å². The zero-order valence-electron chi connectivity index (χ0n) is 7.49. The molecule has 1 atom stereocenters. The first-order chi connectivity index (χ1) is 6.70. The van der Waals surface area contributed by atoms with E-state index >= 15 is 0 Å². The van der Waals surface area contributed by atoms with Crippen molar-refractivity contribution in [3.63, 3.8) is 0 Å². The van der Waals surface area contributed by atoms with Gasteiger partial charge in [0.25, 0.3) is 0 Å². The Kier molecular flexibility index (Phi) is 2.83. The monoisotopic (exact) mass is 261 g/mol. The first kappa shape index (κ1) is 10.1. The Labute approximate surface area is 89.6 Å². The molecule has 1 aliphatic heterocycles. The molecule has 2 rings (SSSR count). The lowest BCUT2D eigenvalue weighted by Crippen LogP contribution is -2.10. The maximum atomic E-state index is 13.6. The topological polar surface area (TPSA) is 12.0 Å². The number of hydrogen-bond donors (Lipinski definition) is 1. The van der Waals surface area contributed by atoms with Gasteiger partial charge in [0.15, 0.2) is 0 Å². The number of halogens is 3. The van der Waals surface area contributed by atoms with Crippen LogP contribution in [0.25, 0.3) is 0 Å². The van der Waals surface area contributed by atoms with E-state index in [1.807, 2.05) is 0 Å². The van der Waals surface area contributed by atoms with Crippen LogP contribution in [0.4, 0.5) is 8.78 Å². The summed E-state index contributed by atoms with van der Waals surface area (Å²) in [7, 11) is 0. The molecule has 0 amide bonds. The van der Waals surface area contributed by atoms with Gasteiger partial charge in [-0.2, -0.15) is 0 Å². The predicted molar refractivity (Wildman–Crippen MR) is 54.3 cm³/mol. The van der Waals surface area contributed by atoms with E-state index in [1.54, 1.807) is 0 Å². The summed E-state index contributed by atoms with van der Waals surface area (Å²) in [6.45, 7) is 1.49. The fraction of sp³-hybridized carbons (Fsp3) is 0.400. The molecule has 76 valence electrons. The molecule has 1 aromatic rings. The molecular formula is C10H10BrF2N. The second kappa shape index (κ2) is 3.95. The first-order valence-electron chi connectivity index (χ1n) is 4.54. The Balaban J connectivity index is 2.44. The Morgan fingerprint density at radius 1 is 1.36 bits per heavy atom. The van der Waals surface area contributed by atoms with Crippen LogP contribution in [-0.2, 0) is 0 Å². The largest absolute Gasteiger partial charge is 0.316 e. The third-order valence-corrected chi connectivity index (χ3v) is 3.16. The summed E-state index contributed by atoms with van der Waals surface area (Å²) in [6.07, 6.45) is 0.796. The minimum Gasteiger partial charge on any atom is -0.316 e. The molecular weight excluding hydrogens is 252 g/mol. The van der Waals surface area contributed by atoms with Crippen LogP contribution in [-0.4, -0.2) is 13.1 Å². The van der Waals surface area contributed by atoms with Crippen LogP contribution in [0.3, 0.4) is 0 Å². The Hall–Kier alpha value is -0.480. The molecule has 14 heavy (non-hydrogen) atoms. The second-order valence-electron chi connectivity index (χ2n) is 3.45. The molecule has 1 fully saturated rings. The molecule has 4 heteroatoms. The van der Waals surface area contributed by atoms with Crippen LogP contribution >= 0.6 is 15.9 Å². The Morgan fingerprint density at radius 2 is 2.14 bits per heavy atom. The van der Waals surface area contributed by atoms with E-state index in [0.717, 1.165) is 13.0 Å². The summed E-state index contributed by atoms with van der Waals surface area (Å²) in [6, 6.07) is 2.71. The van der Waals surface area contributed by atoms with Crippen molar-refractivity contribution in [2.45, 2.75) is 12.3 Å². The summed E-state index contributed by atoms with van der Waals surface area (Å²) >= 11 is 3.07.